The number of para-hydroxylation sites is 1. The molecule has 0 radical (unpaired) electrons. The predicted octanol–water partition coefficient (Wildman–Crippen LogP) is 2.77. The number of benzene rings is 2. The Hall–Kier alpha value is -4.21. The standard InChI is InChI=1S/C22H20N4O6/c1-13(17-9-23-18-5-3-2-4-15(17)18)16-8-14(6-7-19(16)26(29)30)11-31-21(28)10-24-22-25-20(27)12-32-22/h2-9,13,23H,10-12H2,1H3,(H,24,25,27)/t13-/m0/s1. The smallest absolute Gasteiger partial charge is 0.328 e. The monoisotopic (exact) mass is 436 g/mol. The number of hydrogen-bond donors (Lipinski definition) is 2. The molecule has 10 nitrogen and oxygen atoms in total. The van der Waals surface area contributed by atoms with Gasteiger partial charge in [0.25, 0.3) is 17.6 Å². The molecule has 1 atom stereocenters. The van der Waals surface area contributed by atoms with Crippen LogP contribution in [0.15, 0.2) is 53.7 Å². The largest absolute Gasteiger partial charge is 0.459 e. The van der Waals surface area contributed by atoms with Crippen LogP contribution in [0.4, 0.5) is 5.69 Å². The number of aromatic nitrogens is 1. The van der Waals surface area contributed by atoms with E-state index in [4.69, 9.17) is 9.47 Å². The third-order valence-corrected chi connectivity index (χ3v) is 5.18. The third kappa shape index (κ3) is 4.43. The molecule has 1 amide bonds. The van der Waals surface area contributed by atoms with Gasteiger partial charge in [0.1, 0.15) is 13.2 Å². The summed E-state index contributed by atoms with van der Waals surface area (Å²) in [4.78, 5) is 41.3. The highest BCUT2D eigenvalue weighted by atomic mass is 16.6. The van der Waals surface area contributed by atoms with Crippen molar-refractivity contribution in [1.82, 2.24) is 10.3 Å². The minimum atomic E-state index is -0.619. The van der Waals surface area contributed by atoms with Gasteiger partial charge in [0.15, 0.2) is 6.61 Å². The van der Waals surface area contributed by atoms with Crippen molar-refractivity contribution in [3.63, 3.8) is 0 Å². The Bertz CT molecular complexity index is 1230. The maximum atomic E-state index is 12.0. The van der Waals surface area contributed by atoms with Crippen molar-refractivity contribution in [2.75, 3.05) is 13.2 Å². The van der Waals surface area contributed by atoms with Crippen molar-refractivity contribution in [1.29, 1.82) is 0 Å². The highest BCUT2D eigenvalue weighted by Gasteiger charge is 2.23. The van der Waals surface area contributed by atoms with Gasteiger partial charge in [-0.2, -0.15) is 0 Å². The van der Waals surface area contributed by atoms with Gasteiger partial charge >= 0.3 is 5.97 Å². The molecule has 2 heterocycles. The summed E-state index contributed by atoms with van der Waals surface area (Å²) >= 11 is 0. The average molecular weight is 436 g/mol. The molecule has 4 rings (SSSR count). The lowest BCUT2D eigenvalue weighted by atomic mass is 9.90. The van der Waals surface area contributed by atoms with E-state index in [1.54, 1.807) is 12.1 Å². The average Bonchev–Trinajstić information content (AvgIpc) is 3.41. The van der Waals surface area contributed by atoms with Crippen molar-refractivity contribution in [3.8, 4) is 0 Å². The Morgan fingerprint density at radius 3 is 2.84 bits per heavy atom. The van der Waals surface area contributed by atoms with E-state index >= 15 is 0 Å². The van der Waals surface area contributed by atoms with E-state index in [0.717, 1.165) is 16.5 Å². The SMILES string of the molecule is C[C@@H](c1cc(COC(=O)CN=C2NC(=O)CO2)ccc1[N+](=O)[O-])c1c[nH]c2ccccc12. The number of nitrogens with one attached hydrogen (secondary N) is 2. The van der Waals surface area contributed by atoms with Gasteiger partial charge in [0.05, 0.1) is 4.92 Å². The van der Waals surface area contributed by atoms with Gasteiger partial charge in [0.2, 0.25) is 0 Å². The number of ether oxygens (including phenoxy) is 2. The molecule has 0 bridgehead atoms. The van der Waals surface area contributed by atoms with Gasteiger partial charge in [-0.3, -0.25) is 25.0 Å². The highest BCUT2D eigenvalue weighted by molar-refractivity contribution is 6.00. The van der Waals surface area contributed by atoms with E-state index in [1.807, 2.05) is 37.4 Å². The van der Waals surface area contributed by atoms with Gasteiger partial charge in [-0.15, -0.1) is 0 Å². The van der Waals surface area contributed by atoms with Crippen LogP contribution in [0, 0.1) is 10.1 Å². The van der Waals surface area contributed by atoms with E-state index in [0.29, 0.717) is 11.1 Å². The number of aliphatic imine (C=N–C) groups is 1. The van der Waals surface area contributed by atoms with Crippen LogP contribution >= 0.6 is 0 Å². The zero-order valence-corrected chi connectivity index (χ0v) is 17.2. The Morgan fingerprint density at radius 2 is 2.09 bits per heavy atom. The molecule has 1 saturated heterocycles. The molecular weight excluding hydrogens is 416 g/mol. The van der Waals surface area contributed by atoms with Crippen LogP contribution in [0.1, 0.15) is 29.5 Å². The van der Waals surface area contributed by atoms with Crippen molar-refractivity contribution >= 4 is 34.5 Å². The van der Waals surface area contributed by atoms with Gasteiger partial charge < -0.3 is 14.5 Å². The van der Waals surface area contributed by atoms with Crippen molar-refractivity contribution < 1.29 is 24.0 Å². The number of nitro benzene ring substituents is 1. The molecule has 2 N–H and O–H groups in total. The predicted molar refractivity (Wildman–Crippen MR) is 115 cm³/mol. The number of aromatic amines is 1. The molecule has 164 valence electrons. The second kappa shape index (κ2) is 8.88. The minimum Gasteiger partial charge on any atom is -0.459 e. The number of carbonyl (C=O) groups excluding carboxylic acids is 2. The number of hydrogen-bond acceptors (Lipinski definition) is 7. The highest BCUT2D eigenvalue weighted by Crippen LogP contribution is 2.35. The molecule has 3 aromatic rings. The minimum absolute atomic E-state index is 0.00150. The van der Waals surface area contributed by atoms with E-state index in [9.17, 15) is 19.7 Å². The molecular formula is C22H20N4O6. The van der Waals surface area contributed by atoms with Crippen LogP contribution in [0.5, 0.6) is 0 Å². The van der Waals surface area contributed by atoms with Crippen LogP contribution in [-0.2, 0) is 25.7 Å². The Balaban J connectivity index is 1.51. The number of H-pyrrole nitrogens is 1. The fourth-order valence-corrected chi connectivity index (χ4v) is 3.58. The molecule has 32 heavy (non-hydrogen) atoms. The molecule has 0 saturated carbocycles. The topological polar surface area (TPSA) is 136 Å². The van der Waals surface area contributed by atoms with Crippen molar-refractivity contribution in [2.24, 2.45) is 4.99 Å². The first-order valence-corrected chi connectivity index (χ1v) is 9.88. The molecule has 10 heteroatoms. The van der Waals surface area contributed by atoms with Crippen LogP contribution in [0.3, 0.4) is 0 Å². The first-order chi connectivity index (χ1) is 15.4. The number of amides is 1. The summed E-state index contributed by atoms with van der Waals surface area (Å²) in [7, 11) is 0. The van der Waals surface area contributed by atoms with Crippen LogP contribution in [0.2, 0.25) is 0 Å². The van der Waals surface area contributed by atoms with E-state index in [1.165, 1.54) is 6.07 Å². The molecule has 0 spiro atoms. The second-order valence-electron chi connectivity index (χ2n) is 7.28. The summed E-state index contributed by atoms with van der Waals surface area (Å²) in [6.45, 7) is 1.39. The van der Waals surface area contributed by atoms with E-state index in [-0.39, 0.29) is 43.3 Å². The summed E-state index contributed by atoms with van der Waals surface area (Å²) < 4.78 is 10.2. The Labute approximate surface area is 182 Å². The van der Waals surface area contributed by atoms with Crippen LogP contribution < -0.4 is 5.32 Å². The number of nitro groups is 1. The van der Waals surface area contributed by atoms with E-state index in [2.05, 4.69) is 15.3 Å². The molecule has 1 aliphatic heterocycles. The first-order valence-electron chi connectivity index (χ1n) is 9.88. The molecule has 1 fully saturated rings. The second-order valence-corrected chi connectivity index (χ2v) is 7.28. The van der Waals surface area contributed by atoms with Gasteiger partial charge in [-0.1, -0.05) is 25.1 Å². The lowest BCUT2D eigenvalue weighted by Crippen LogP contribution is -2.22. The molecule has 1 aliphatic rings. The number of esters is 1. The molecule has 0 aliphatic carbocycles. The maximum absolute atomic E-state index is 12.0. The van der Waals surface area contributed by atoms with E-state index < -0.39 is 10.9 Å². The molecule has 0 unspecified atom stereocenters. The first kappa shape index (κ1) is 21.0. The lowest BCUT2D eigenvalue weighted by Gasteiger charge is -2.14. The lowest BCUT2D eigenvalue weighted by molar-refractivity contribution is -0.385. The zero-order chi connectivity index (χ0) is 22.7. The quantitative estimate of drug-likeness (QED) is 0.332. The van der Waals surface area contributed by atoms with Crippen molar-refractivity contribution in [3.05, 3.63) is 75.5 Å². The number of rotatable bonds is 7. The van der Waals surface area contributed by atoms with Crippen LogP contribution in [0.25, 0.3) is 10.9 Å². The van der Waals surface area contributed by atoms with Gasteiger partial charge in [-0.25, -0.2) is 4.99 Å². The summed E-state index contributed by atoms with van der Waals surface area (Å²) in [5, 5.41) is 15.0. The number of fused-ring (bicyclic) bond motifs is 1. The third-order valence-electron chi connectivity index (χ3n) is 5.18. The summed E-state index contributed by atoms with van der Waals surface area (Å²) in [5.41, 5.74) is 3.02. The fraction of sp³-hybridized carbons (Fsp3) is 0.227. The summed E-state index contributed by atoms with van der Waals surface area (Å²) in [6.07, 6.45) is 1.86. The maximum Gasteiger partial charge on any atom is 0.328 e. The molecule has 1 aromatic heterocycles. The number of nitrogens with zero attached hydrogens (tertiary/aromatic N) is 2. The summed E-state index contributed by atoms with van der Waals surface area (Å²) in [6, 6.07) is 12.4. The van der Waals surface area contributed by atoms with Crippen molar-refractivity contribution in [2.45, 2.75) is 19.4 Å². The fourth-order valence-electron chi connectivity index (χ4n) is 3.58. The number of carbonyl (C=O) groups is 2. The summed E-state index contributed by atoms with van der Waals surface area (Å²) in [5.74, 6) is -1.22. The normalized spacial score (nSPS) is 15.4. The van der Waals surface area contributed by atoms with Crippen LogP contribution in [-0.4, -0.2) is 41.0 Å². The zero-order valence-electron chi connectivity index (χ0n) is 17.2. The Kier molecular flexibility index (Phi) is 5.84. The van der Waals surface area contributed by atoms with Gasteiger partial charge in [-0.05, 0) is 29.3 Å². The Morgan fingerprint density at radius 1 is 1.28 bits per heavy atom. The number of amidine groups is 1. The van der Waals surface area contributed by atoms with Gasteiger partial charge in [0, 0.05) is 34.6 Å². The molecule has 2 aromatic carbocycles.